The van der Waals surface area contributed by atoms with Crippen molar-refractivity contribution in [2.75, 3.05) is 27.9 Å². The zero-order valence-corrected chi connectivity index (χ0v) is 15.4. The molecule has 0 fully saturated rings. The molecule has 0 spiro atoms. The van der Waals surface area contributed by atoms with Crippen LogP contribution in [0.5, 0.6) is 17.2 Å². The monoisotopic (exact) mass is 343 g/mol. The molecule has 1 amide bonds. The molecule has 0 aliphatic rings. The number of amides is 1. The number of methoxy groups -OCH3 is 3. The summed E-state index contributed by atoms with van der Waals surface area (Å²) < 4.78 is 15.8. The van der Waals surface area contributed by atoms with Crippen molar-refractivity contribution in [1.82, 2.24) is 5.32 Å². The van der Waals surface area contributed by atoms with Crippen molar-refractivity contribution in [1.29, 1.82) is 0 Å². The third-order valence-electron chi connectivity index (χ3n) is 4.19. The van der Waals surface area contributed by atoms with Gasteiger partial charge in [0.05, 0.1) is 21.3 Å². The molecule has 0 saturated heterocycles. The highest BCUT2D eigenvalue weighted by molar-refractivity contribution is 5.94. The Labute approximate surface area is 148 Å². The van der Waals surface area contributed by atoms with Crippen LogP contribution in [0.25, 0.3) is 0 Å². The van der Waals surface area contributed by atoms with Crippen molar-refractivity contribution in [2.45, 2.75) is 19.3 Å². The minimum absolute atomic E-state index is 0.132. The van der Waals surface area contributed by atoms with Crippen LogP contribution in [0.15, 0.2) is 42.5 Å². The maximum absolute atomic E-state index is 12.4. The predicted octanol–water partition coefficient (Wildman–Crippen LogP) is 3.42. The molecule has 0 aromatic heterocycles. The molecule has 5 nitrogen and oxygen atoms in total. The van der Waals surface area contributed by atoms with Gasteiger partial charge in [-0.3, -0.25) is 4.79 Å². The van der Waals surface area contributed by atoms with Crippen molar-refractivity contribution >= 4 is 5.91 Å². The summed E-state index contributed by atoms with van der Waals surface area (Å²) in [6.07, 6.45) is 0. The average molecular weight is 343 g/mol. The number of hydrogen-bond donors (Lipinski definition) is 1. The number of hydrogen-bond acceptors (Lipinski definition) is 4. The molecule has 0 aliphatic carbocycles. The standard InChI is InChI=1S/C20H25NO4/c1-20(2,15-9-10-17(24-4)18(12-15)25-5)13-21-19(22)14-7-6-8-16(11-14)23-3/h6-12H,13H2,1-5H3,(H,21,22). The molecular formula is C20H25NO4. The third kappa shape index (κ3) is 4.44. The van der Waals surface area contributed by atoms with Crippen LogP contribution in [0, 0.1) is 0 Å². The Bertz CT molecular complexity index is 740. The van der Waals surface area contributed by atoms with Gasteiger partial charge in [0, 0.05) is 17.5 Å². The van der Waals surface area contributed by atoms with E-state index in [9.17, 15) is 4.79 Å². The third-order valence-corrected chi connectivity index (χ3v) is 4.19. The van der Waals surface area contributed by atoms with E-state index in [1.807, 2.05) is 24.3 Å². The summed E-state index contributed by atoms with van der Waals surface area (Å²) in [5.41, 5.74) is 1.35. The van der Waals surface area contributed by atoms with Crippen molar-refractivity contribution < 1.29 is 19.0 Å². The van der Waals surface area contributed by atoms with Crippen LogP contribution in [-0.2, 0) is 5.41 Å². The van der Waals surface area contributed by atoms with Crippen LogP contribution in [-0.4, -0.2) is 33.8 Å². The van der Waals surface area contributed by atoms with E-state index >= 15 is 0 Å². The Morgan fingerprint density at radius 1 is 0.960 bits per heavy atom. The van der Waals surface area contributed by atoms with Gasteiger partial charge >= 0.3 is 0 Å². The first-order valence-corrected chi connectivity index (χ1v) is 8.06. The van der Waals surface area contributed by atoms with Crippen molar-refractivity contribution in [3.63, 3.8) is 0 Å². The van der Waals surface area contributed by atoms with Crippen molar-refractivity contribution in [3.05, 3.63) is 53.6 Å². The Kier molecular flexibility index (Phi) is 5.91. The summed E-state index contributed by atoms with van der Waals surface area (Å²) in [5.74, 6) is 1.88. The van der Waals surface area contributed by atoms with Crippen molar-refractivity contribution in [3.8, 4) is 17.2 Å². The number of ether oxygens (including phenoxy) is 3. The molecule has 0 atom stereocenters. The average Bonchev–Trinajstić information content (AvgIpc) is 2.65. The van der Waals surface area contributed by atoms with Crippen LogP contribution in [0.4, 0.5) is 0 Å². The maximum atomic E-state index is 12.4. The lowest BCUT2D eigenvalue weighted by molar-refractivity contribution is 0.0945. The van der Waals surface area contributed by atoms with Gasteiger partial charge in [-0.15, -0.1) is 0 Å². The highest BCUT2D eigenvalue weighted by Crippen LogP contribution is 2.32. The number of carbonyl (C=O) groups excluding carboxylic acids is 1. The molecular weight excluding hydrogens is 318 g/mol. The van der Waals surface area contributed by atoms with E-state index in [1.54, 1.807) is 39.5 Å². The predicted molar refractivity (Wildman–Crippen MR) is 97.9 cm³/mol. The van der Waals surface area contributed by atoms with Crippen LogP contribution in [0.1, 0.15) is 29.8 Å². The zero-order valence-electron chi connectivity index (χ0n) is 15.4. The summed E-state index contributed by atoms with van der Waals surface area (Å²) in [6, 6.07) is 12.9. The Hall–Kier alpha value is -2.69. The lowest BCUT2D eigenvalue weighted by Gasteiger charge is -2.26. The first-order chi connectivity index (χ1) is 11.9. The van der Waals surface area contributed by atoms with Crippen LogP contribution < -0.4 is 19.5 Å². The summed E-state index contributed by atoms with van der Waals surface area (Å²) in [4.78, 5) is 12.4. The van der Waals surface area contributed by atoms with E-state index in [0.29, 0.717) is 29.4 Å². The molecule has 0 unspecified atom stereocenters. The SMILES string of the molecule is COc1cccc(C(=O)NCC(C)(C)c2ccc(OC)c(OC)c2)c1. The molecule has 0 bridgehead atoms. The van der Waals surface area contributed by atoms with E-state index in [-0.39, 0.29) is 11.3 Å². The van der Waals surface area contributed by atoms with Gasteiger partial charge in [0.2, 0.25) is 0 Å². The quantitative estimate of drug-likeness (QED) is 0.837. The van der Waals surface area contributed by atoms with Crippen LogP contribution >= 0.6 is 0 Å². The first kappa shape index (κ1) is 18.6. The molecule has 1 N–H and O–H groups in total. The van der Waals surface area contributed by atoms with Gasteiger partial charge in [-0.2, -0.15) is 0 Å². The summed E-state index contributed by atoms with van der Waals surface area (Å²) in [7, 11) is 4.80. The first-order valence-electron chi connectivity index (χ1n) is 8.06. The van der Waals surface area contributed by atoms with Gasteiger partial charge < -0.3 is 19.5 Å². The molecule has 5 heteroatoms. The van der Waals surface area contributed by atoms with Gasteiger partial charge in [-0.05, 0) is 35.9 Å². The van der Waals surface area contributed by atoms with Gasteiger partial charge in [0.25, 0.3) is 5.91 Å². The minimum atomic E-state index is -0.270. The van der Waals surface area contributed by atoms with E-state index in [0.717, 1.165) is 5.56 Å². The van der Waals surface area contributed by atoms with Crippen molar-refractivity contribution in [2.24, 2.45) is 0 Å². The summed E-state index contributed by atoms with van der Waals surface area (Å²) in [5, 5.41) is 2.99. The number of carbonyl (C=O) groups is 1. The second kappa shape index (κ2) is 7.92. The zero-order chi connectivity index (χ0) is 18.4. The lowest BCUT2D eigenvalue weighted by Crippen LogP contribution is -2.36. The van der Waals surface area contributed by atoms with Crippen LogP contribution in [0.2, 0.25) is 0 Å². The lowest BCUT2D eigenvalue weighted by atomic mass is 9.84. The fourth-order valence-electron chi connectivity index (χ4n) is 2.53. The Balaban J connectivity index is 2.11. The molecule has 0 radical (unpaired) electrons. The van der Waals surface area contributed by atoms with E-state index in [4.69, 9.17) is 14.2 Å². The fraction of sp³-hybridized carbons (Fsp3) is 0.350. The normalized spacial score (nSPS) is 10.9. The summed E-state index contributed by atoms with van der Waals surface area (Å²) >= 11 is 0. The van der Waals surface area contributed by atoms with Gasteiger partial charge in [0.15, 0.2) is 11.5 Å². The highest BCUT2D eigenvalue weighted by atomic mass is 16.5. The topological polar surface area (TPSA) is 56.8 Å². The molecule has 2 aromatic carbocycles. The number of nitrogens with one attached hydrogen (secondary N) is 1. The van der Waals surface area contributed by atoms with Gasteiger partial charge in [-0.1, -0.05) is 26.0 Å². The molecule has 25 heavy (non-hydrogen) atoms. The molecule has 0 saturated carbocycles. The maximum Gasteiger partial charge on any atom is 0.251 e. The Morgan fingerprint density at radius 3 is 2.32 bits per heavy atom. The molecule has 0 aliphatic heterocycles. The van der Waals surface area contributed by atoms with E-state index < -0.39 is 0 Å². The molecule has 2 rings (SSSR count). The highest BCUT2D eigenvalue weighted by Gasteiger charge is 2.23. The molecule has 134 valence electrons. The summed E-state index contributed by atoms with van der Waals surface area (Å²) in [6.45, 7) is 4.62. The largest absolute Gasteiger partial charge is 0.497 e. The Morgan fingerprint density at radius 2 is 1.68 bits per heavy atom. The second-order valence-electron chi connectivity index (χ2n) is 6.37. The molecule has 0 heterocycles. The smallest absolute Gasteiger partial charge is 0.251 e. The fourth-order valence-corrected chi connectivity index (χ4v) is 2.53. The van der Waals surface area contributed by atoms with E-state index in [1.165, 1.54) is 0 Å². The number of benzene rings is 2. The van der Waals surface area contributed by atoms with Gasteiger partial charge in [0.1, 0.15) is 5.75 Å². The second-order valence-corrected chi connectivity index (χ2v) is 6.37. The number of rotatable bonds is 7. The van der Waals surface area contributed by atoms with Crippen LogP contribution in [0.3, 0.4) is 0 Å². The van der Waals surface area contributed by atoms with E-state index in [2.05, 4.69) is 19.2 Å². The molecule has 2 aromatic rings. The minimum Gasteiger partial charge on any atom is -0.497 e. The van der Waals surface area contributed by atoms with Gasteiger partial charge in [-0.25, -0.2) is 0 Å².